The Morgan fingerprint density at radius 2 is 1.81 bits per heavy atom. The maximum Gasteiger partial charge on any atom is 0.274 e. The van der Waals surface area contributed by atoms with Crippen molar-refractivity contribution in [1.29, 1.82) is 0 Å². The molecule has 0 unspecified atom stereocenters. The molecule has 0 saturated heterocycles. The Kier molecular flexibility index (Phi) is 4.50. The van der Waals surface area contributed by atoms with Crippen LogP contribution in [0.2, 0.25) is 0 Å². The van der Waals surface area contributed by atoms with Crippen molar-refractivity contribution in [3.63, 3.8) is 0 Å². The topological polar surface area (TPSA) is 97.1 Å². The van der Waals surface area contributed by atoms with Gasteiger partial charge in [-0.05, 0) is 43.3 Å². The summed E-state index contributed by atoms with van der Waals surface area (Å²) >= 11 is 0. The van der Waals surface area contributed by atoms with Crippen LogP contribution >= 0.6 is 0 Å². The zero-order chi connectivity index (χ0) is 15.2. The summed E-state index contributed by atoms with van der Waals surface area (Å²) in [6.45, 7) is 2.42. The third-order valence-corrected chi connectivity index (χ3v) is 2.76. The molecule has 1 aromatic carbocycles. The molecule has 0 aliphatic carbocycles. The molecule has 0 saturated carbocycles. The molecule has 2 aromatic rings. The summed E-state index contributed by atoms with van der Waals surface area (Å²) in [5.41, 5.74) is 7.42. The number of benzene rings is 1. The standard InChI is InChI=1S/C15H16N4O2/c1-2-17-14(20)10-3-6-12(7-4-10)19-15(21)13-8-5-11(16)9-18-13/h3-9H,2,16H2,1H3,(H,17,20)(H,19,21). The molecule has 108 valence electrons. The first kappa shape index (κ1) is 14.5. The summed E-state index contributed by atoms with van der Waals surface area (Å²) in [5, 5.41) is 5.41. The number of hydrogen-bond donors (Lipinski definition) is 3. The van der Waals surface area contributed by atoms with Gasteiger partial charge in [0.05, 0.1) is 11.9 Å². The van der Waals surface area contributed by atoms with E-state index >= 15 is 0 Å². The molecule has 0 bridgehead atoms. The maximum absolute atomic E-state index is 12.0. The number of nitrogens with two attached hydrogens (primary N) is 1. The fourth-order valence-corrected chi connectivity index (χ4v) is 1.70. The number of hydrogen-bond acceptors (Lipinski definition) is 4. The van der Waals surface area contributed by atoms with Crippen molar-refractivity contribution in [3.05, 3.63) is 53.9 Å². The lowest BCUT2D eigenvalue weighted by molar-refractivity contribution is 0.0955. The molecule has 1 aromatic heterocycles. The van der Waals surface area contributed by atoms with Crippen LogP contribution in [-0.2, 0) is 0 Å². The molecule has 2 amide bonds. The van der Waals surface area contributed by atoms with Gasteiger partial charge >= 0.3 is 0 Å². The number of anilines is 2. The Hall–Kier alpha value is -2.89. The van der Waals surface area contributed by atoms with E-state index in [1.54, 1.807) is 36.4 Å². The number of carbonyl (C=O) groups excluding carboxylic acids is 2. The van der Waals surface area contributed by atoms with Gasteiger partial charge in [-0.1, -0.05) is 0 Å². The molecule has 2 rings (SSSR count). The van der Waals surface area contributed by atoms with Crippen molar-refractivity contribution in [2.75, 3.05) is 17.6 Å². The van der Waals surface area contributed by atoms with E-state index in [4.69, 9.17) is 5.73 Å². The summed E-state index contributed by atoms with van der Waals surface area (Å²) in [6.07, 6.45) is 1.42. The van der Waals surface area contributed by atoms with Gasteiger partial charge in [0.2, 0.25) is 0 Å². The average molecular weight is 284 g/mol. The highest BCUT2D eigenvalue weighted by Crippen LogP contribution is 2.11. The summed E-state index contributed by atoms with van der Waals surface area (Å²) in [6, 6.07) is 9.79. The molecule has 0 aliphatic heterocycles. The minimum absolute atomic E-state index is 0.143. The van der Waals surface area contributed by atoms with Crippen LogP contribution in [-0.4, -0.2) is 23.3 Å². The molecule has 0 fully saturated rings. The lowest BCUT2D eigenvalue weighted by Crippen LogP contribution is -2.22. The Labute approximate surface area is 122 Å². The minimum atomic E-state index is -0.333. The Balaban J connectivity index is 2.04. The van der Waals surface area contributed by atoms with Crippen LogP contribution in [0.3, 0.4) is 0 Å². The van der Waals surface area contributed by atoms with Crippen molar-refractivity contribution in [2.45, 2.75) is 6.92 Å². The van der Waals surface area contributed by atoms with E-state index in [0.29, 0.717) is 23.5 Å². The zero-order valence-electron chi connectivity index (χ0n) is 11.6. The number of nitrogens with one attached hydrogen (secondary N) is 2. The summed E-state index contributed by atoms with van der Waals surface area (Å²) in [4.78, 5) is 27.5. The summed E-state index contributed by atoms with van der Waals surface area (Å²) < 4.78 is 0. The van der Waals surface area contributed by atoms with Crippen LogP contribution in [0.4, 0.5) is 11.4 Å². The molecule has 1 heterocycles. The largest absolute Gasteiger partial charge is 0.397 e. The molecule has 6 heteroatoms. The molecule has 0 atom stereocenters. The molecule has 6 nitrogen and oxygen atoms in total. The monoisotopic (exact) mass is 284 g/mol. The van der Waals surface area contributed by atoms with Gasteiger partial charge in [-0.15, -0.1) is 0 Å². The molecule has 21 heavy (non-hydrogen) atoms. The number of carbonyl (C=O) groups is 2. The molecule has 0 radical (unpaired) electrons. The average Bonchev–Trinajstić information content (AvgIpc) is 2.49. The third kappa shape index (κ3) is 3.79. The van der Waals surface area contributed by atoms with Crippen LogP contribution in [0.5, 0.6) is 0 Å². The van der Waals surface area contributed by atoms with Gasteiger partial charge in [-0.3, -0.25) is 9.59 Å². The second kappa shape index (κ2) is 6.51. The summed E-state index contributed by atoms with van der Waals surface area (Å²) in [7, 11) is 0. The van der Waals surface area contributed by atoms with Gasteiger partial charge in [-0.25, -0.2) is 4.98 Å². The molecule has 0 spiro atoms. The predicted molar refractivity (Wildman–Crippen MR) is 81.1 cm³/mol. The first-order valence-corrected chi connectivity index (χ1v) is 6.51. The molecule has 0 aliphatic rings. The van der Waals surface area contributed by atoms with Gasteiger partial charge in [0.25, 0.3) is 11.8 Å². The highest BCUT2D eigenvalue weighted by Gasteiger charge is 2.08. The molecular weight excluding hydrogens is 268 g/mol. The second-order valence-corrected chi connectivity index (χ2v) is 4.37. The fourth-order valence-electron chi connectivity index (χ4n) is 1.70. The van der Waals surface area contributed by atoms with E-state index < -0.39 is 0 Å². The Morgan fingerprint density at radius 1 is 1.10 bits per heavy atom. The quantitative estimate of drug-likeness (QED) is 0.795. The van der Waals surface area contributed by atoms with E-state index in [2.05, 4.69) is 15.6 Å². The van der Waals surface area contributed by atoms with Gasteiger partial charge in [0.15, 0.2) is 0 Å². The maximum atomic E-state index is 12.0. The van der Waals surface area contributed by atoms with Crippen LogP contribution in [0.15, 0.2) is 42.6 Å². The Bertz CT molecular complexity index is 636. The van der Waals surface area contributed by atoms with Gasteiger partial charge in [0, 0.05) is 17.8 Å². The van der Waals surface area contributed by atoms with Gasteiger partial charge in [-0.2, -0.15) is 0 Å². The SMILES string of the molecule is CCNC(=O)c1ccc(NC(=O)c2ccc(N)cn2)cc1. The zero-order valence-corrected chi connectivity index (χ0v) is 11.6. The van der Waals surface area contributed by atoms with E-state index in [1.807, 2.05) is 6.92 Å². The van der Waals surface area contributed by atoms with Crippen LogP contribution in [0.1, 0.15) is 27.8 Å². The van der Waals surface area contributed by atoms with Crippen molar-refractivity contribution in [3.8, 4) is 0 Å². The first-order chi connectivity index (χ1) is 10.1. The molecular formula is C15H16N4O2. The smallest absolute Gasteiger partial charge is 0.274 e. The van der Waals surface area contributed by atoms with Gasteiger partial charge in [0.1, 0.15) is 5.69 Å². The third-order valence-electron chi connectivity index (χ3n) is 2.76. The highest BCUT2D eigenvalue weighted by molar-refractivity contribution is 6.03. The predicted octanol–water partition coefficient (Wildman–Crippen LogP) is 1.67. The van der Waals surface area contributed by atoms with E-state index in [1.165, 1.54) is 6.20 Å². The van der Waals surface area contributed by atoms with Crippen molar-refractivity contribution in [1.82, 2.24) is 10.3 Å². The number of pyridine rings is 1. The summed E-state index contributed by atoms with van der Waals surface area (Å²) in [5.74, 6) is -0.476. The number of rotatable bonds is 4. The van der Waals surface area contributed by atoms with Crippen molar-refractivity contribution in [2.24, 2.45) is 0 Å². The van der Waals surface area contributed by atoms with Crippen LogP contribution in [0.25, 0.3) is 0 Å². The second-order valence-electron chi connectivity index (χ2n) is 4.37. The van der Waals surface area contributed by atoms with E-state index in [9.17, 15) is 9.59 Å². The minimum Gasteiger partial charge on any atom is -0.397 e. The first-order valence-electron chi connectivity index (χ1n) is 6.51. The normalized spacial score (nSPS) is 9.95. The number of nitrogens with zero attached hydrogens (tertiary/aromatic N) is 1. The van der Waals surface area contributed by atoms with Crippen molar-refractivity contribution >= 4 is 23.2 Å². The molecule has 4 N–H and O–H groups in total. The van der Waals surface area contributed by atoms with Crippen LogP contribution < -0.4 is 16.4 Å². The number of amides is 2. The van der Waals surface area contributed by atoms with E-state index in [0.717, 1.165) is 0 Å². The number of aromatic nitrogens is 1. The van der Waals surface area contributed by atoms with Gasteiger partial charge < -0.3 is 16.4 Å². The van der Waals surface area contributed by atoms with Crippen LogP contribution in [0, 0.1) is 0 Å². The van der Waals surface area contributed by atoms with E-state index in [-0.39, 0.29) is 17.5 Å². The highest BCUT2D eigenvalue weighted by atomic mass is 16.2. The lowest BCUT2D eigenvalue weighted by atomic mass is 10.2. The number of nitrogen functional groups attached to an aromatic ring is 1. The van der Waals surface area contributed by atoms with Crippen molar-refractivity contribution < 1.29 is 9.59 Å². The Morgan fingerprint density at radius 3 is 2.38 bits per heavy atom. The fraction of sp³-hybridized carbons (Fsp3) is 0.133. The lowest BCUT2D eigenvalue weighted by Gasteiger charge is -2.06.